The van der Waals surface area contributed by atoms with Crippen LogP contribution in [0.1, 0.15) is 45.2 Å². The zero-order valence-corrected chi connectivity index (χ0v) is 13.9. The lowest BCUT2D eigenvalue weighted by atomic mass is 10.0. The molecule has 1 unspecified atom stereocenters. The Balaban J connectivity index is 2.25. The molecular weight excluding hydrogens is 244 g/mol. The van der Waals surface area contributed by atoms with Crippen LogP contribution in [0.4, 0.5) is 0 Å². The van der Waals surface area contributed by atoms with Crippen molar-refractivity contribution in [2.24, 2.45) is 5.92 Å². The van der Waals surface area contributed by atoms with Crippen LogP contribution in [-0.4, -0.2) is 31.1 Å². The Morgan fingerprint density at radius 3 is 2.20 bits per heavy atom. The Bertz CT molecular complexity index is 356. The highest BCUT2D eigenvalue weighted by molar-refractivity contribution is 5.22. The molecule has 20 heavy (non-hydrogen) atoms. The maximum absolute atomic E-state index is 3.53. The van der Waals surface area contributed by atoms with Gasteiger partial charge in [-0.2, -0.15) is 0 Å². The summed E-state index contributed by atoms with van der Waals surface area (Å²) in [6, 6.07) is 9.71. The summed E-state index contributed by atoms with van der Waals surface area (Å²) in [4.78, 5) is 2.42. The van der Waals surface area contributed by atoms with E-state index in [0.29, 0.717) is 6.04 Å². The Hall–Kier alpha value is -0.860. The lowest BCUT2D eigenvalue weighted by Gasteiger charge is -2.23. The molecule has 1 N–H and O–H groups in total. The third-order valence-electron chi connectivity index (χ3n) is 3.98. The van der Waals surface area contributed by atoms with Crippen LogP contribution in [-0.2, 0) is 13.0 Å². The summed E-state index contributed by atoms with van der Waals surface area (Å²) < 4.78 is 0. The fourth-order valence-electron chi connectivity index (χ4n) is 2.28. The van der Waals surface area contributed by atoms with Crippen molar-refractivity contribution >= 4 is 0 Å². The fourth-order valence-corrected chi connectivity index (χ4v) is 2.28. The smallest absolute Gasteiger partial charge is 0.0206 e. The summed E-state index contributed by atoms with van der Waals surface area (Å²) in [6.45, 7) is 12.2. The van der Waals surface area contributed by atoms with Crippen LogP contribution in [0, 0.1) is 5.92 Å². The molecule has 1 rings (SSSR count). The molecule has 2 nitrogen and oxygen atoms in total. The van der Waals surface area contributed by atoms with E-state index in [1.54, 1.807) is 0 Å². The topological polar surface area (TPSA) is 15.3 Å². The molecule has 1 aromatic rings. The van der Waals surface area contributed by atoms with E-state index in [0.717, 1.165) is 25.6 Å². The molecular formula is C18H32N2. The summed E-state index contributed by atoms with van der Waals surface area (Å²) in [6.07, 6.45) is 2.39. The second kappa shape index (κ2) is 9.15. The predicted octanol–water partition coefficient (Wildman–Crippen LogP) is 3.71. The van der Waals surface area contributed by atoms with Crippen LogP contribution in [0.2, 0.25) is 0 Å². The number of rotatable bonds is 9. The van der Waals surface area contributed by atoms with Crippen molar-refractivity contribution < 1.29 is 0 Å². The number of nitrogens with zero attached hydrogens (tertiary/aromatic N) is 1. The van der Waals surface area contributed by atoms with Crippen molar-refractivity contribution in [3.63, 3.8) is 0 Å². The van der Waals surface area contributed by atoms with Gasteiger partial charge in [-0.3, -0.25) is 0 Å². The fraction of sp³-hybridized carbons (Fsp3) is 0.667. The number of nitrogens with one attached hydrogen (secondary N) is 1. The second-order valence-corrected chi connectivity index (χ2v) is 6.33. The van der Waals surface area contributed by atoms with Crippen LogP contribution in [0.5, 0.6) is 0 Å². The Morgan fingerprint density at radius 1 is 1.05 bits per heavy atom. The van der Waals surface area contributed by atoms with Gasteiger partial charge in [0.2, 0.25) is 0 Å². The molecule has 0 amide bonds. The average Bonchev–Trinajstić information content (AvgIpc) is 2.43. The van der Waals surface area contributed by atoms with Gasteiger partial charge in [0.15, 0.2) is 0 Å². The van der Waals surface area contributed by atoms with Gasteiger partial charge >= 0.3 is 0 Å². The van der Waals surface area contributed by atoms with E-state index in [-0.39, 0.29) is 0 Å². The van der Waals surface area contributed by atoms with Crippen molar-refractivity contribution in [3.05, 3.63) is 35.4 Å². The van der Waals surface area contributed by atoms with E-state index in [9.17, 15) is 0 Å². The molecule has 0 aliphatic heterocycles. The molecule has 0 aromatic heterocycles. The van der Waals surface area contributed by atoms with E-state index in [1.807, 2.05) is 0 Å². The number of likely N-dealkylation sites (N-methyl/N-ethyl adjacent to an activating group) is 1. The monoisotopic (exact) mass is 276 g/mol. The van der Waals surface area contributed by atoms with E-state index < -0.39 is 0 Å². The molecule has 0 spiro atoms. The van der Waals surface area contributed by atoms with E-state index >= 15 is 0 Å². The van der Waals surface area contributed by atoms with Crippen LogP contribution < -0.4 is 5.32 Å². The second-order valence-electron chi connectivity index (χ2n) is 6.33. The first-order valence-corrected chi connectivity index (χ1v) is 8.01. The molecule has 0 aliphatic rings. The maximum atomic E-state index is 3.53. The third kappa shape index (κ3) is 6.53. The van der Waals surface area contributed by atoms with Crippen LogP contribution in [0.15, 0.2) is 24.3 Å². The molecule has 1 atom stereocenters. The SMILES string of the molecule is CCC(C)N(C)CCNCc1ccc(CC(C)C)cc1. The minimum atomic E-state index is 0.673. The van der Waals surface area contributed by atoms with Crippen LogP contribution in [0.3, 0.4) is 0 Å². The standard InChI is InChI=1S/C18H32N2/c1-6-16(4)20(5)12-11-19-14-18-9-7-17(8-10-18)13-15(2)3/h7-10,15-16,19H,6,11-14H2,1-5H3. The van der Waals surface area contributed by atoms with Crippen LogP contribution in [0.25, 0.3) is 0 Å². The molecule has 0 saturated carbocycles. The van der Waals surface area contributed by atoms with Crippen molar-refractivity contribution in [2.75, 3.05) is 20.1 Å². The lowest BCUT2D eigenvalue weighted by Crippen LogP contribution is -2.34. The zero-order chi connectivity index (χ0) is 15.0. The Morgan fingerprint density at radius 2 is 1.65 bits per heavy atom. The number of benzene rings is 1. The molecule has 0 fully saturated rings. The first kappa shape index (κ1) is 17.2. The van der Waals surface area contributed by atoms with Gasteiger partial charge in [-0.1, -0.05) is 45.0 Å². The molecule has 0 aliphatic carbocycles. The zero-order valence-electron chi connectivity index (χ0n) is 13.9. The van der Waals surface area contributed by atoms with Gasteiger partial charge in [-0.05, 0) is 43.9 Å². The van der Waals surface area contributed by atoms with Gasteiger partial charge in [-0.25, -0.2) is 0 Å². The van der Waals surface area contributed by atoms with E-state index in [1.165, 1.54) is 24.0 Å². The summed E-state index contributed by atoms with van der Waals surface area (Å²) in [5.41, 5.74) is 2.82. The quantitative estimate of drug-likeness (QED) is 0.692. The Kier molecular flexibility index (Phi) is 7.86. The minimum Gasteiger partial charge on any atom is -0.311 e. The molecule has 2 heteroatoms. The third-order valence-corrected chi connectivity index (χ3v) is 3.98. The minimum absolute atomic E-state index is 0.673. The maximum Gasteiger partial charge on any atom is 0.0206 e. The van der Waals surface area contributed by atoms with E-state index in [2.05, 4.69) is 69.2 Å². The van der Waals surface area contributed by atoms with Gasteiger partial charge in [-0.15, -0.1) is 0 Å². The van der Waals surface area contributed by atoms with Crippen molar-refractivity contribution in [3.8, 4) is 0 Å². The normalized spacial score (nSPS) is 13.2. The lowest BCUT2D eigenvalue weighted by molar-refractivity contribution is 0.252. The van der Waals surface area contributed by atoms with Gasteiger partial charge in [0.1, 0.15) is 0 Å². The van der Waals surface area contributed by atoms with E-state index in [4.69, 9.17) is 0 Å². The van der Waals surface area contributed by atoms with Gasteiger partial charge in [0.05, 0.1) is 0 Å². The first-order valence-electron chi connectivity index (χ1n) is 8.01. The average molecular weight is 276 g/mol. The molecule has 1 aromatic carbocycles. The van der Waals surface area contributed by atoms with Crippen molar-refractivity contribution in [1.82, 2.24) is 10.2 Å². The van der Waals surface area contributed by atoms with Gasteiger partial charge in [0, 0.05) is 25.7 Å². The highest BCUT2D eigenvalue weighted by Gasteiger charge is 2.05. The summed E-state index contributed by atoms with van der Waals surface area (Å²) in [5, 5.41) is 3.53. The van der Waals surface area contributed by atoms with Gasteiger partial charge in [0.25, 0.3) is 0 Å². The highest BCUT2D eigenvalue weighted by atomic mass is 15.1. The molecule has 0 bridgehead atoms. The molecule has 114 valence electrons. The van der Waals surface area contributed by atoms with Gasteiger partial charge < -0.3 is 10.2 Å². The number of hydrogen-bond acceptors (Lipinski definition) is 2. The molecule has 0 saturated heterocycles. The molecule has 0 heterocycles. The Labute approximate surface area is 125 Å². The summed E-state index contributed by atoms with van der Waals surface area (Å²) in [7, 11) is 2.20. The van der Waals surface area contributed by atoms with Crippen LogP contribution >= 0.6 is 0 Å². The van der Waals surface area contributed by atoms with Crippen molar-refractivity contribution in [2.45, 2.75) is 53.1 Å². The summed E-state index contributed by atoms with van der Waals surface area (Å²) >= 11 is 0. The number of hydrogen-bond donors (Lipinski definition) is 1. The predicted molar refractivity (Wildman–Crippen MR) is 89.1 cm³/mol. The largest absolute Gasteiger partial charge is 0.311 e. The van der Waals surface area contributed by atoms with Crippen molar-refractivity contribution in [1.29, 1.82) is 0 Å². The highest BCUT2D eigenvalue weighted by Crippen LogP contribution is 2.09. The summed E-state index contributed by atoms with van der Waals surface area (Å²) in [5.74, 6) is 0.732. The molecule has 0 radical (unpaired) electrons. The first-order chi connectivity index (χ1) is 9.52.